The van der Waals surface area contributed by atoms with E-state index in [1.54, 1.807) is 0 Å². The molecule has 0 spiro atoms. The topological polar surface area (TPSA) is 36.3 Å². The molecule has 1 aliphatic rings. The van der Waals surface area contributed by atoms with Crippen LogP contribution >= 0.6 is 11.6 Å². The Morgan fingerprint density at radius 2 is 1.88 bits per heavy atom. The fourth-order valence-corrected chi connectivity index (χ4v) is 1.97. The first-order valence-electron chi connectivity index (χ1n) is 5.28. The lowest BCUT2D eigenvalue weighted by atomic mass is 10.1. The molecule has 0 radical (unpaired) electrons. The van der Waals surface area contributed by atoms with Gasteiger partial charge in [0.1, 0.15) is 6.04 Å². The Labute approximate surface area is 100 Å². The Hall–Kier alpha value is -1.08. The third-order valence-corrected chi connectivity index (χ3v) is 2.97. The van der Waals surface area contributed by atoms with Gasteiger partial charge in [0.2, 0.25) is 0 Å². The van der Waals surface area contributed by atoms with Crippen LogP contribution in [-0.2, 0) is 4.74 Å². The van der Waals surface area contributed by atoms with E-state index in [2.05, 4.69) is 11.0 Å². The molecular weight excluding hydrogens is 224 g/mol. The lowest BCUT2D eigenvalue weighted by molar-refractivity contribution is 0.0266. The fourth-order valence-electron chi connectivity index (χ4n) is 1.85. The van der Waals surface area contributed by atoms with Crippen molar-refractivity contribution in [2.75, 3.05) is 26.3 Å². The van der Waals surface area contributed by atoms with Gasteiger partial charge >= 0.3 is 0 Å². The molecule has 0 saturated carbocycles. The van der Waals surface area contributed by atoms with E-state index in [9.17, 15) is 5.26 Å². The highest BCUT2D eigenvalue weighted by Gasteiger charge is 2.21. The van der Waals surface area contributed by atoms with E-state index in [1.807, 2.05) is 24.3 Å². The second-order valence-corrected chi connectivity index (χ2v) is 4.17. The Morgan fingerprint density at radius 3 is 2.44 bits per heavy atom. The minimum absolute atomic E-state index is 0.193. The molecule has 0 amide bonds. The van der Waals surface area contributed by atoms with Crippen LogP contribution in [0.3, 0.4) is 0 Å². The number of nitriles is 1. The predicted molar refractivity (Wildman–Crippen MR) is 62.2 cm³/mol. The molecule has 1 aromatic carbocycles. The van der Waals surface area contributed by atoms with Crippen molar-refractivity contribution in [2.45, 2.75) is 6.04 Å². The van der Waals surface area contributed by atoms with E-state index in [-0.39, 0.29) is 6.04 Å². The standard InChI is InChI=1S/C12H13ClN2O/c13-11-3-1-10(2-4-11)12(9-14)15-5-7-16-8-6-15/h1-4,12H,5-8H2/t12-/m0/s1. The first kappa shape index (κ1) is 11.4. The Kier molecular flexibility index (Phi) is 3.79. The van der Waals surface area contributed by atoms with Gasteiger partial charge in [0.05, 0.1) is 19.3 Å². The van der Waals surface area contributed by atoms with Gasteiger partial charge in [-0.2, -0.15) is 5.26 Å². The largest absolute Gasteiger partial charge is 0.379 e. The zero-order chi connectivity index (χ0) is 11.4. The number of ether oxygens (including phenoxy) is 1. The quantitative estimate of drug-likeness (QED) is 0.790. The Balaban J connectivity index is 2.15. The van der Waals surface area contributed by atoms with Crippen molar-refractivity contribution < 1.29 is 4.74 Å². The van der Waals surface area contributed by atoms with Crippen LogP contribution in [0.1, 0.15) is 11.6 Å². The van der Waals surface area contributed by atoms with Crippen molar-refractivity contribution in [1.29, 1.82) is 5.26 Å². The maximum absolute atomic E-state index is 9.24. The summed E-state index contributed by atoms with van der Waals surface area (Å²) in [7, 11) is 0. The highest BCUT2D eigenvalue weighted by atomic mass is 35.5. The average Bonchev–Trinajstić information content (AvgIpc) is 2.34. The number of benzene rings is 1. The first-order valence-corrected chi connectivity index (χ1v) is 5.66. The van der Waals surface area contributed by atoms with Gasteiger partial charge in [0.15, 0.2) is 0 Å². The van der Waals surface area contributed by atoms with Gasteiger partial charge in [0.25, 0.3) is 0 Å². The minimum atomic E-state index is -0.193. The van der Waals surface area contributed by atoms with Crippen LogP contribution in [0.2, 0.25) is 5.02 Å². The fraction of sp³-hybridized carbons (Fsp3) is 0.417. The van der Waals surface area contributed by atoms with Gasteiger partial charge < -0.3 is 4.74 Å². The number of hydrogen-bond donors (Lipinski definition) is 0. The maximum atomic E-state index is 9.24. The molecule has 0 N–H and O–H groups in total. The van der Waals surface area contributed by atoms with Crippen LogP contribution in [0.5, 0.6) is 0 Å². The molecule has 2 rings (SSSR count). The smallest absolute Gasteiger partial charge is 0.124 e. The second-order valence-electron chi connectivity index (χ2n) is 3.73. The summed E-state index contributed by atoms with van der Waals surface area (Å²) >= 11 is 5.83. The molecule has 1 saturated heterocycles. The normalized spacial score (nSPS) is 19.0. The zero-order valence-corrected chi connectivity index (χ0v) is 9.65. The van der Waals surface area contributed by atoms with Gasteiger partial charge in [-0.05, 0) is 17.7 Å². The van der Waals surface area contributed by atoms with Crippen molar-refractivity contribution in [2.24, 2.45) is 0 Å². The summed E-state index contributed by atoms with van der Waals surface area (Å²) in [6.45, 7) is 3.01. The molecule has 1 aliphatic heterocycles. The monoisotopic (exact) mass is 236 g/mol. The third kappa shape index (κ3) is 2.53. The Morgan fingerprint density at radius 1 is 1.25 bits per heavy atom. The molecule has 0 unspecified atom stereocenters. The van der Waals surface area contributed by atoms with Crippen LogP contribution in [0, 0.1) is 11.3 Å². The van der Waals surface area contributed by atoms with E-state index >= 15 is 0 Å². The number of hydrogen-bond acceptors (Lipinski definition) is 3. The van der Waals surface area contributed by atoms with E-state index in [0.29, 0.717) is 18.2 Å². The molecular formula is C12H13ClN2O. The summed E-state index contributed by atoms with van der Waals surface area (Å²) in [5.41, 5.74) is 0.994. The van der Waals surface area contributed by atoms with E-state index in [1.165, 1.54) is 0 Å². The molecule has 84 valence electrons. The van der Waals surface area contributed by atoms with E-state index in [4.69, 9.17) is 16.3 Å². The molecule has 4 heteroatoms. The summed E-state index contributed by atoms with van der Waals surface area (Å²) in [5, 5.41) is 9.93. The zero-order valence-electron chi connectivity index (χ0n) is 8.90. The summed E-state index contributed by atoms with van der Waals surface area (Å²) in [4.78, 5) is 2.13. The number of rotatable bonds is 2. The second kappa shape index (κ2) is 5.31. The maximum Gasteiger partial charge on any atom is 0.124 e. The lowest BCUT2D eigenvalue weighted by Crippen LogP contribution is -2.38. The Bertz CT molecular complexity index is 379. The molecule has 3 nitrogen and oxygen atoms in total. The molecule has 1 atom stereocenters. The molecule has 0 aliphatic carbocycles. The first-order chi connectivity index (χ1) is 7.81. The minimum Gasteiger partial charge on any atom is -0.379 e. The van der Waals surface area contributed by atoms with Crippen molar-refractivity contribution >= 4 is 11.6 Å². The number of morpholine rings is 1. The van der Waals surface area contributed by atoms with Crippen LogP contribution in [-0.4, -0.2) is 31.2 Å². The molecule has 0 aromatic heterocycles. The summed E-state index contributed by atoms with van der Waals surface area (Å²) in [6, 6.07) is 9.60. The van der Waals surface area contributed by atoms with E-state index < -0.39 is 0 Å². The van der Waals surface area contributed by atoms with Crippen LogP contribution in [0.4, 0.5) is 0 Å². The molecule has 0 bridgehead atoms. The van der Waals surface area contributed by atoms with Gasteiger partial charge in [-0.1, -0.05) is 23.7 Å². The highest BCUT2D eigenvalue weighted by molar-refractivity contribution is 6.30. The van der Waals surface area contributed by atoms with Crippen LogP contribution in [0.25, 0.3) is 0 Å². The lowest BCUT2D eigenvalue weighted by Gasteiger charge is -2.30. The van der Waals surface area contributed by atoms with Crippen molar-refractivity contribution in [3.05, 3.63) is 34.9 Å². The number of halogens is 1. The average molecular weight is 237 g/mol. The number of nitrogens with zero attached hydrogens (tertiary/aromatic N) is 2. The predicted octanol–water partition coefficient (Wildman–Crippen LogP) is 2.24. The summed E-state index contributed by atoms with van der Waals surface area (Å²) in [5.74, 6) is 0. The van der Waals surface area contributed by atoms with Gasteiger partial charge in [-0.15, -0.1) is 0 Å². The van der Waals surface area contributed by atoms with Crippen LogP contribution < -0.4 is 0 Å². The van der Waals surface area contributed by atoms with Gasteiger partial charge in [0, 0.05) is 18.1 Å². The third-order valence-electron chi connectivity index (χ3n) is 2.72. The molecule has 1 fully saturated rings. The van der Waals surface area contributed by atoms with Gasteiger partial charge in [-0.3, -0.25) is 4.90 Å². The van der Waals surface area contributed by atoms with Crippen LogP contribution in [0.15, 0.2) is 24.3 Å². The summed E-state index contributed by atoms with van der Waals surface area (Å²) < 4.78 is 5.28. The van der Waals surface area contributed by atoms with Gasteiger partial charge in [-0.25, -0.2) is 0 Å². The summed E-state index contributed by atoms with van der Waals surface area (Å²) in [6.07, 6.45) is 0. The SMILES string of the molecule is N#C[C@@H](c1ccc(Cl)cc1)N1CCOCC1. The van der Waals surface area contributed by atoms with Crippen molar-refractivity contribution in [1.82, 2.24) is 4.90 Å². The molecule has 1 heterocycles. The van der Waals surface area contributed by atoms with Crippen molar-refractivity contribution in [3.8, 4) is 6.07 Å². The molecule has 16 heavy (non-hydrogen) atoms. The van der Waals surface area contributed by atoms with E-state index in [0.717, 1.165) is 18.7 Å². The molecule has 1 aromatic rings. The highest BCUT2D eigenvalue weighted by Crippen LogP contribution is 2.22. The van der Waals surface area contributed by atoms with Crippen molar-refractivity contribution in [3.63, 3.8) is 0 Å².